The van der Waals surface area contributed by atoms with Crippen LogP contribution >= 0.6 is 22.7 Å². The first kappa shape index (κ1) is 18.0. The maximum absolute atomic E-state index is 12.9. The van der Waals surface area contributed by atoms with Gasteiger partial charge in [-0.2, -0.15) is 0 Å². The number of ether oxygens (including phenoxy) is 2. The van der Waals surface area contributed by atoms with E-state index in [1.165, 1.54) is 22.7 Å². The molecule has 124 valence electrons. The SMILES string of the molecule is COCCOCCC(C)(C(=O)c1cccs1)C(=O)c1cccs1. The zero-order chi connectivity index (χ0) is 16.7. The second-order valence-corrected chi connectivity index (χ2v) is 7.20. The molecule has 6 heteroatoms. The Balaban J connectivity index is 2.16. The third-order valence-electron chi connectivity index (χ3n) is 3.67. The largest absolute Gasteiger partial charge is 0.382 e. The third-order valence-corrected chi connectivity index (χ3v) is 5.41. The zero-order valence-electron chi connectivity index (χ0n) is 13.2. The van der Waals surface area contributed by atoms with Crippen molar-refractivity contribution in [3.05, 3.63) is 44.8 Å². The van der Waals surface area contributed by atoms with E-state index < -0.39 is 5.41 Å². The number of rotatable bonds is 10. The standard InChI is InChI=1S/C17H20O4S2/c1-17(7-8-21-10-9-20-2,15(18)13-5-3-11-22-13)16(19)14-6-4-12-23-14/h3-6,11-12H,7-10H2,1-2H3. The van der Waals surface area contributed by atoms with Crippen LogP contribution in [-0.4, -0.2) is 38.5 Å². The summed E-state index contributed by atoms with van der Waals surface area (Å²) in [5.74, 6) is -0.275. The highest BCUT2D eigenvalue weighted by Crippen LogP contribution is 2.34. The van der Waals surface area contributed by atoms with E-state index in [-0.39, 0.29) is 11.6 Å². The van der Waals surface area contributed by atoms with Gasteiger partial charge in [-0.05, 0) is 36.2 Å². The fraction of sp³-hybridized carbons (Fsp3) is 0.412. The van der Waals surface area contributed by atoms with E-state index in [1.54, 1.807) is 26.2 Å². The van der Waals surface area contributed by atoms with E-state index >= 15 is 0 Å². The highest BCUT2D eigenvalue weighted by atomic mass is 32.1. The van der Waals surface area contributed by atoms with E-state index in [2.05, 4.69) is 0 Å². The van der Waals surface area contributed by atoms with E-state index in [1.807, 2.05) is 22.9 Å². The van der Waals surface area contributed by atoms with Gasteiger partial charge in [0.1, 0.15) is 0 Å². The minimum atomic E-state index is -1.11. The number of Topliss-reactive ketones (excluding diaryl/α,β-unsaturated/α-hetero) is 2. The topological polar surface area (TPSA) is 52.6 Å². The number of hydrogen-bond donors (Lipinski definition) is 0. The second-order valence-electron chi connectivity index (χ2n) is 5.30. The summed E-state index contributed by atoms with van der Waals surface area (Å²) < 4.78 is 10.4. The van der Waals surface area contributed by atoms with Crippen LogP contribution < -0.4 is 0 Å². The van der Waals surface area contributed by atoms with Gasteiger partial charge >= 0.3 is 0 Å². The molecule has 0 saturated carbocycles. The Kier molecular flexibility index (Phi) is 6.65. The van der Waals surface area contributed by atoms with Crippen molar-refractivity contribution in [3.63, 3.8) is 0 Å². The molecule has 4 nitrogen and oxygen atoms in total. The van der Waals surface area contributed by atoms with Gasteiger partial charge < -0.3 is 9.47 Å². The molecule has 0 saturated heterocycles. The second kappa shape index (κ2) is 8.49. The molecule has 2 rings (SSSR count). The van der Waals surface area contributed by atoms with Crippen LogP contribution in [0.2, 0.25) is 0 Å². The highest BCUT2D eigenvalue weighted by molar-refractivity contribution is 7.13. The number of carbonyl (C=O) groups excluding carboxylic acids is 2. The van der Waals surface area contributed by atoms with Crippen molar-refractivity contribution in [2.45, 2.75) is 13.3 Å². The Labute approximate surface area is 144 Å². The molecule has 0 aliphatic carbocycles. The maximum Gasteiger partial charge on any atom is 0.186 e. The van der Waals surface area contributed by atoms with Gasteiger partial charge in [-0.1, -0.05) is 12.1 Å². The molecule has 2 aromatic rings. The minimum Gasteiger partial charge on any atom is -0.382 e. The van der Waals surface area contributed by atoms with Crippen molar-refractivity contribution < 1.29 is 19.1 Å². The molecule has 2 aromatic heterocycles. The molecule has 0 aliphatic rings. The quantitative estimate of drug-likeness (QED) is 0.369. The average Bonchev–Trinajstić information content (AvgIpc) is 3.25. The lowest BCUT2D eigenvalue weighted by atomic mass is 9.77. The molecule has 0 fully saturated rings. The number of hydrogen-bond acceptors (Lipinski definition) is 6. The minimum absolute atomic E-state index is 0.138. The molecule has 0 radical (unpaired) electrons. The van der Waals surface area contributed by atoms with Gasteiger partial charge in [-0.15, -0.1) is 22.7 Å². The van der Waals surface area contributed by atoms with Crippen molar-refractivity contribution in [2.75, 3.05) is 26.9 Å². The van der Waals surface area contributed by atoms with E-state index in [0.717, 1.165) is 0 Å². The van der Waals surface area contributed by atoms with Crippen molar-refractivity contribution >= 4 is 34.2 Å². The first-order valence-electron chi connectivity index (χ1n) is 7.33. The summed E-state index contributed by atoms with van der Waals surface area (Å²) >= 11 is 2.72. The van der Waals surface area contributed by atoms with E-state index in [9.17, 15) is 9.59 Å². The van der Waals surface area contributed by atoms with Crippen molar-refractivity contribution in [2.24, 2.45) is 5.41 Å². The number of carbonyl (C=O) groups is 2. The fourth-order valence-electron chi connectivity index (χ4n) is 2.21. The lowest BCUT2D eigenvalue weighted by molar-refractivity contribution is 0.0450. The lowest BCUT2D eigenvalue weighted by Gasteiger charge is -2.25. The highest BCUT2D eigenvalue weighted by Gasteiger charge is 2.42. The molecule has 0 unspecified atom stereocenters. The molecule has 0 aliphatic heterocycles. The van der Waals surface area contributed by atoms with Crippen LogP contribution in [0, 0.1) is 5.41 Å². The number of thiophene rings is 2. The molecule has 0 bridgehead atoms. The van der Waals surface area contributed by atoms with Crippen LogP contribution in [0.4, 0.5) is 0 Å². The van der Waals surface area contributed by atoms with Gasteiger partial charge in [0.05, 0.1) is 28.4 Å². The van der Waals surface area contributed by atoms with Gasteiger partial charge in [0, 0.05) is 13.7 Å². The van der Waals surface area contributed by atoms with Gasteiger partial charge in [-0.25, -0.2) is 0 Å². The summed E-state index contributed by atoms with van der Waals surface area (Å²) in [6, 6.07) is 7.17. The van der Waals surface area contributed by atoms with Gasteiger partial charge in [0.25, 0.3) is 0 Å². The van der Waals surface area contributed by atoms with Gasteiger partial charge in [-0.3, -0.25) is 9.59 Å². The summed E-state index contributed by atoms with van der Waals surface area (Å²) in [7, 11) is 1.61. The fourth-order valence-corrected chi connectivity index (χ4v) is 3.80. The predicted octanol–water partition coefficient (Wildman–Crippen LogP) is 3.93. The van der Waals surface area contributed by atoms with Gasteiger partial charge in [0.2, 0.25) is 0 Å². The smallest absolute Gasteiger partial charge is 0.186 e. The average molecular weight is 352 g/mol. The van der Waals surface area contributed by atoms with E-state index in [4.69, 9.17) is 9.47 Å². The first-order chi connectivity index (χ1) is 11.1. The number of methoxy groups -OCH3 is 1. The summed E-state index contributed by atoms with van der Waals surface area (Å²) in [4.78, 5) is 27.0. The van der Waals surface area contributed by atoms with Crippen LogP contribution in [0.1, 0.15) is 32.7 Å². The molecule has 0 aromatic carbocycles. The molecule has 2 heterocycles. The summed E-state index contributed by atoms with van der Waals surface area (Å²) in [5.41, 5.74) is -1.11. The lowest BCUT2D eigenvalue weighted by Crippen LogP contribution is -2.37. The van der Waals surface area contributed by atoms with Gasteiger partial charge in [0.15, 0.2) is 11.6 Å². The zero-order valence-corrected chi connectivity index (χ0v) is 14.9. The molecule has 0 spiro atoms. The van der Waals surface area contributed by atoms with Crippen LogP contribution in [0.15, 0.2) is 35.0 Å². The molecule has 0 amide bonds. The monoisotopic (exact) mass is 352 g/mol. The molecule has 0 N–H and O–H groups in total. The van der Waals surface area contributed by atoms with Crippen LogP contribution in [0.25, 0.3) is 0 Å². The Morgan fingerprint density at radius 2 is 1.57 bits per heavy atom. The Morgan fingerprint density at radius 1 is 1.00 bits per heavy atom. The van der Waals surface area contributed by atoms with Crippen molar-refractivity contribution in [1.82, 2.24) is 0 Å². The Hall–Kier alpha value is -1.34. The maximum atomic E-state index is 12.9. The molecular formula is C17H20O4S2. The van der Waals surface area contributed by atoms with Crippen LogP contribution in [-0.2, 0) is 9.47 Å². The summed E-state index contributed by atoms with van der Waals surface area (Å²) in [6.07, 6.45) is 0.351. The third kappa shape index (κ3) is 4.35. The Bertz CT molecular complexity index is 571. The molecule has 0 atom stereocenters. The molecule has 23 heavy (non-hydrogen) atoms. The number of ketones is 2. The Morgan fingerprint density at radius 3 is 2.00 bits per heavy atom. The van der Waals surface area contributed by atoms with E-state index in [0.29, 0.717) is 36.0 Å². The normalized spacial score (nSPS) is 11.6. The predicted molar refractivity (Wildman–Crippen MR) is 92.7 cm³/mol. The summed E-state index contributed by atoms with van der Waals surface area (Å²) in [6.45, 7) is 3.01. The van der Waals surface area contributed by atoms with Crippen LogP contribution in [0.3, 0.4) is 0 Å². The molecular weight excluding hydrogens is 332 g/mol. The first-order valence-corrected chi connectivity index (χ1v) is 9.09. The van der Waals surface area contributed by atoms with Crippen molar-refractivity contribution in [1.29, 1.82) is 0 Å². The summed E-state index contributed by atoms with van der Waals surface area (Å²) in [5, 5.41) is 3.69. The van der Waals surface area contributed by atoms with Crippen LogP contribution in [0.5, 0.6) is 0 Å². The van der Waals surface area contributed by atoms with Crippen molar-refractivity contribution in [3.8, 4) is 0 Å².